The van der Waals surface area contributed by atoms with Gasteiger partial charge in [0.15, 0.2) is 0 Å². The summed E-state index contributed by atoms with van der Waals surface area (Å²) in [6, 6.07) is 8.03. The minimum absolute atomic E-state index is 0.670. The molecule has 1 fully saturated rings. The van der Waals surface area contributed by atoms with Gasteiger partial charge in [0.1, 0.15) is 6.07 Å². The molecule has 1 aliphatic carbocycles. The minimum Gasteiger partial charge on any atom is -0.272 e. The fraction of sp³-hybridized carbons (Fsp3) is 0.286. The van der Waals surface area contributed by atoms with E-state index in [0.29, 0.717) is 5.56 Å². The number of nitrogens with zero attached hydrogens (tertiary/aromatic N) is 3. The van der Waals surface area contributed by atoms with Crippen LogP contribution in [0.25, 0.3) is 11.1 Å². The summed E-state index contributed by atoms with van der Waals surface area (Å²) in [5.74, 6) is 0.802. The predicted molar refractivity (Wildman–Crippen MR) is 72.8 cm³/mol. The van der Waals surface area contributed by atoms with Crippen molar-refractivity contribution in [2.45, 2.75) is 19.4 Å². The molecule has 3 rings (SSSR count). The lowest BCUT2D eigenvalue weighted by atomic mass is 10.0. The smallest absolute Gasteiger partial charge is 0.101 e. The quantitative estimate of drug-likeness (QED) is 0.869. The lowest BCUT2D eigenvalue weighted by molar-refractivity contribution is 0.563. The van der Waals surface area contributed by atoms with Gasteiger partial charge in [-0.25, -0.2) is 0 Å². The van der Waals surface area contributed by atoms with Gasteiger partial charge in [0.25, 0.3) is 0 Å². The first-order valence-electron chi connectivity index (χ1n) is 5.99. The van der Waals surface area contributed by atoms with E-state index in [4.69, 9.17) is 0 Å². The van der Waals surface area contributed by atoms with Crippen molar-refractivity contribution in [1.82, 2.24) is 9.78 Å². The first-order chi connectivity index (χ1) is 8.78. The van der Waals surface area contributed by atoms with E-state index in [1.54, 1.807) is 0 Å². The Bertz CT molecular complexity index is 620. The molecule has 0 radical (unpaired) electrons. The Morgan fingerprint density at radius 1 is 1.44 bits per heavy atom. The maximum atomic E-state index is 9.22. The van der Waals surface area contributed by atoms with Gasteiger partial charge < -0.3 is 0 Å². The van der Waals surface area contributed by atoms with Crippen molar-refractivity contribution in [3.8, 4) is 17.2 Å². The Hall–Kier alpha value is -1.60. The maximum absolute atomic E-state index is 9.22. The molecular formula is C14H12BrN3. The molecule has 0 unspecified atom stereocenters. The largest absolute Gasteiger partial charge is 0.272 e. The fourth-order valence-electron chi connectivity index (χ4n) is 2.05. The summed E-state index contributed by atoms with van der Waals surface area (Å²) in [5.41, 5.74) is 2.62. The highest BCUT2D eigenvalue weighted by Gasteiger charge is 2.22. The molecule has 1 aromatic heterocycles. The van der Waals surface area contributed by atoms with Crippen LogP contribution in [-0.2, 0) is 6.54 Å². The van der Waals surface area contributed by atoms with E-state index in [-0.39, 0.29) is 0 Å². The van der Waals surface area contributed by atoms with Crippen LogP contribution in [0.4, 0.5) is 0 Å². The van der Waals surface area contributed by atoms with E-state index in [1.807, 2.05) is 35.3 Å². The van der Waals surface area contributed by atoms with Gasteiger partial charge in [-0.3, -0.25) is 4.68 Å². The fourth-order valence-corrected chi connectivity index (χ4v) is 2.50. The Morgan fingerprint density at radius 2 is 2.28 bits per heavy atom. The first-order valence-corrected chi connectivity index (χ1v) is 6.78. The van der Waals surface area contributed by atoms with Gasteiger partial charge in [-0.15, -0.1) is 0 Å². The number of aromatic nitrogens is 2. The van der Waals surface area contributed by atoms with Crippen LogP contribution in [0, 0.1) is 17.2 Å². The third-order valence-corrected chi connectivity index (χ3v) is 3.87. The minimum atomic E-state index is 0.670. The van der Waals surface area contributed by atoms with Crippen molar-refractivity contribution in [1.29, 1.82) is 5.26 Å². The molecule has 3 nitrogen and oxygen atoms in total. The summed E-state index contributed by atoms with van der Waals surface area (Å²) in [6.45, 7) is 0.996. The second-order valence-corrected chi connectivity index (χ2v) is 5.52. The molecule has 0 atom stereocenters. The molecule has 0 aliphatic heterocycles. The van der Waals surface area contributed by atoms with E-state index in [2.05, 4.69) is 27.1 Å². The molecule has 18 heavy (non-hydrogen) atoms. The van der Waals surface area contributed by atoms with E-state index in [0.717, 1.165) is 28.1 Å². The lowest BCUT2D eigenvalue weighted by Gasteiger charge is -2.02. The summed E-state index contributed by atoms with van der Waals surface area (Å²) in [6.07, 6.45) is 6.50. The van der Waals surface area contributed by atoms with Crippen LogP contribution in [0.15, 0.2) is 35.1 Å². The van der Waals surface area contributed by atoms with Crippen LogP contribution >= 0.6 is 15.9 Å². The number of hydrogen-bond acceptors (Lipinski definition) is 2. The van der Waals surface area contributed by atoms with E-state index in [1.165, 1.54) is 12.8 Å². The third-order valence-electron chi connectivity index (χ3n) is 3.21. The Kier molecular flexibility index (Phi) is 2.92. The zero-order valence-electron chi connectivity index (χ0n) is 9.81. The highest BCUT2D eigenvalue weighted by atomic mass is 79.9. The topological polar surface area (TPSA) is 41.6 Å². The van der Waals surface area contributed by atoms with Crippen molar-refractivity contribution in [2.24, 2.45) is 5.92 Å². The average Bonchev–Trinajstić information content (AvgIpc) is 3.05. The Labute approximate surface area is 114 Å². The summed E-state index contributed by atoms with van der Waals surface area (Å²) in [5, 5.41) is 13.6. The summed E-state index contributed by atoms with van der Waals surface area (Å²) < 4.78 is 2.81. The number of nitriles is 1. The third kappa shape index (κ3) is 2.19. The van der Waals surface area contributed by atoms with Gasteiger partial charge >= 0.3 is 0 Å². The second-order valence-electron chi connectivity index (χ2n) is 4.67. The zero-order chi connectivity index (χ0) is 12.5. The summed E-state index contributed by atoms with van der Waals surface area (Å²) in [4.78, 5) is 0. The summed E-state index contributed by atoms with van der Waals surface area (Å²) in [7, 11) is 0. The van der Waals surface area contributed by atoms with E-state index >= 15 is 0 Å². The van der Waals surface area contributed by atoms with Gasteiger partial charge in [0.2, 0.25) is 0 Å². The van der Waals surface area contributed by atoms with Crippen LogP contribution in [-0.4, -0.2) is 9.78 Å². The molecule has 4 heteroatoms. The maximum Gasteiger partial charge on any atom is 0.101 e. The number of halogens is 1. The molecule has 0 spiro atoms. The SMILES string of the molecule is N#Cc1c(Br)cccc1-c1cnn(CC2CC2)c1. The number of hydrogen-bond donors (Lipinski definition) is 0. The van der Waals surface area contributed by atoms with Crippen molar-refractivity contribution >= 4 is 15.9 Å². The molecule has 2 aromatic rings. The standard InChI is InChI=1S/C14H12BrN3/c15-14-3-1-2-12(13(14)6-16)11-7-17-18(9-11)8-10-4-5-10/h1-3,7,9-10H,4-5,8H2. The number of rotatable bonds is 3. The molecule has 1 aliphatic rings. The Balaban J connectivity index is 1.96. The highest BCUT2D eigenvalue weighted by Crippen LogP contribution is 2.32. The van der Waals surface area contributed by atoms with Crippen molar-refractivity contribution < 1.29 is 0 Å². The second kappa shape index (κ2) is 4.58. The molecule has 1 heterocycles. The van der Waals surface area contributed by atoms with E-state index in [9.17, 15) is 5.26 Å². The van der Waals surface area contributed by atoms with Crippen molar-refractivity contribution in [3.63, 3.8) is 0 Å². The van der Waals surface area contributed by atoms with E-state index < -0.39 is 0 Å². The monoisotopic (exact) mass is 301 g/mol. The molecule has 1 saturated carbocycles. The van der Waals surface area contributed by atoms with Gasteiger partial charge in [0, 0.05) is 28.3 Å². The highest BCUT2D eigenvalue weighted by molar-refractivity contribution is 9.10. The van der Waals surface area contributed by atoms with Crippen LogP contribution < -0.4 is 0 Å². The molecule has 90 valence electrons. The molecule has 0 N–H and O–H groups in total. The van der Waals surface area contributed by atoms with Gasteiger partial charge in [0.05, 0.1) is 11.8 Å². The van der Waals surface area contributed by atoms with Crippen LogP contribution in [0.1, 0.15) is 18.4 Å². The molecule has 0 bridgehead atoms. The van der Waals surface area contributed by atoms with Crippen LogP contribution in [0.5, 0.6) is 0 Å². The van der Waals surface area contributed by atoms with Crippen molar-refractivity contribution in [2.75, 3.05) is 0 Å². The van der Waals surface area contributed by atoms with Gasteiger partial charge in [-0.2, -0.15) is 10.4 Å². The van der Waals surface area contributed by atoms with Gasteiger partial charge in [-0.1, -0.05) is 12.1 Å². The zero-order valence-corrected chi connectivity index (χ0v) is 11.4. The molecule has 1 aromatic carbocycles. The molecule has 0 amide bonds. The molecular weight excluding hydrogens is 290 g/mol. The average molecular weight is 302 g/mol. The van der Waals surface area contributed by atoms with Gasteiger partial charge in [-0.05, 0) is 40.8 Å². The van der Waals surface area contributed by atoms with Crippen LogP contribution in [0.2, 0.25) is 0 Å². The molecule has 0 saturated heterocycles. The lowest BCUT2D eigenvalue weighted by Crippen LogP contribution is -1.99. The summed E-state index contributed by atoms with van der Waals surface area (Å²) >= 11 is 3.41. The van der Waals surface area contributed by atoms with Crippen molar-refractivity contribution in [3.05, 3.63) is 40.6 Å². The van der Waals surface area contributed by atoms with Crippen LogP contribution in [0.3, 0.4) is 0 Å². The predicted octanol–water partition coefficient (Wildman–Crippen LogP) is 3.59. The normalized spacial score (nSPS) is 14.4. The number of benzene rings is 1. The first kappa shape index (κ1) is 11.5. The Morgan fingerprint density at radius 3 is 3.00 bits per heavy atom.